The van der Waals surface area contributed by atoms with Gasteiger partial charge < -0.3 is 19.5 Å². The van der Waals surface area contributed by atoms with E-state index in [9.17, 15) is 4.79 Å². The molecule has 2 rings (SSSR count). The monoisotopic (exact) mass is 265 g/mol. The summed E-state index contributed by atoms with van der Waals surface area (Å²) >= 11 is 0. The molecule has 0 bridgehead atoms. The second kappa shape index (κ2) is 4.99. The predicted molar refractivity (Wildman–Crippen MR) is 71.9 cm³/mol. The van der Waals surface area contributed by atoms with E-state index in [1.165, 1.54) is 7.11 Å². The van der Waals surface area contributed by atoms with E-state index in [4.69, 9.17) is 14.2 Å². The van der Waals surface area contributed by atoms with Crippen LogP contribution in [0.3, 0.4) is 0 Å². The average Bonchev–Trinajstić information content (AvgIpc) is 2.38. The van der Waals surface area contributed by atoms with Gasteiger partial charge in [-0.15, -0.1) is 0 Å². The first-order valence-electron chi connectivity index (χ1n) is 6.21. The topological polar surface area (TPSA) is 56.8 Å². The van der Waals surface area contributed by atoms with Gasteiger partial charge in [0.1, 0.15) is 18.8 Å². The fraction of sp³-hybridized carbons (Fsp3) is 0.500. The summed E-state index contributed by atoms with van der Waals surface area (Å²) in [5.41, 5.74) is 1.02. The molecule has 0 spiro atoms. The number of aryl methyl sites for hydroxylation is 1. The average molecular weight is 265 g/mol. The molecule has 1 aliphatic rings. The fourth-order valence-corrected chi connectivity index (χ4v) is 1.97. The molecular weight excluding hydrogens is 246 g/mol. The van der Waals surface area contributed by atoms with Gasteiger partial charge in [-0.1, -0.05) is 0 Å². The molecule has 1 aliphatic heterocycles. The SMILES string of the molecule is COC(=O)C(C)(C)Nc1cc2c(cc1C)OCCO2. The van der Waals surface area contributed by atoms with Crippen LogP contribution in [0.5, 0.6) is 11.5 Å². The van der Waals surface area contributed by atoms with Gasteiger partial charge in [-0.25, -0.2) is 4.79 Å². The minimum atomic E-state index is -0.802. The summed E-state index contributed by atoms with van der Waals surface area (Å²) in [5.74, 6) is 1.12. The summed E-state index contributed by atoms with van der Waals surface area (Å²) in [6.45, 7) is 6.60. The van der Waals surface area contributed by atoms with Crippen molar-refractivity contribution in [3.05, 3.63) is 17.7 Å². The third-order valence-corrected chi connectivity index (χ3v) is 3.03. The molecule has 1 N–H and O–H groups in total. The van der Waals surface area contributed by atoms with Crippen LogP contribution in [0.1, 0.15) is 19.4 Å². The van der Waals surface area contributed by atoms with Crippen molar-refractivity contribution in [2.24, 2.45) is 0 Å². The van der Waals surface area contributed by atoms with E-state index in [0.717, 1.165) is 17.0 Å². The number of carbonyl (C=O) groups excluding carboxylic acids is 1. The molecule has 0 radical (unpaired) electrons. The highest BCUT2D eigenvalue weighted by Gasteiger charge is 2.29. The van der Waals surface area contributed by atoms with Crippen LogP contribution in [-0.4, -0.2) is 31.8 Å². The Kier molecular flexibility index (Phi) is 3.55. The number of benzene rings is 1. The van der Waals surface area contributed by atoms with Crippen molar-refractivity contribution in [1.29, 1.82) is 0 Å². The summed E-state index contributed by atoms with van der Waals surface area (Å²) in [6.07, 6.45) is 0. The Hall–Kier alpha value is -1.91. The number of methoxy groups -OCH3 is 1. The van der Waals surface area contributed by atoms with Crippen molar-refractivity contribution in [3.8, 4) is 11.5 Å². The first-order valence-corrected chi connectivity index (χ1v) is 6.21. The summed E-state index contributed by atoms with van der Waals surface area (Å²) in [6, 6.07) is 3.76. The molecule has 5 nitrogen and oxygen atoms in total. The summed E-state index contributed by atoms with van der Waals surface area (Å²) < 4.78 is 15.8. The quantitative estimate of drug-likeness (QED) is 0.848. The molecule has 0 atom stereocenters. The largest absolute Gasteiger partial charge is 0.486 e. The van der Waals surface area contributed by atoms with Gasteiger partial charge in [0.2, 0.25) is 0 Å². The minimum Gasteiger partial charge on any atom is -0.486 e. The molecule has 0 aliphatic carbocycles. The molecular formula is C14H19NO4. The highest BCUT2D eigenvalue weighted by atomic mass is 16.6. The molecule has 0 fully saturated rings. The number of nitrogens with one attached hydrogen (secondary N) is 1. The Morgan fingerprint density at radius 3 is 2.42 bits per heavy atom. The molecule has 0 saturated heterocycles. The Bertz CT molecular complexity index is 496. The summed E-state index contributed by atoms with van der Waals surface area (Å²) in [4.78, 5) is 11.7. The predicted octanol–water partition coefficient (Wildman–Crippen LogP) is 2.13. The Labute approximate surface area is 112 Å². The standard InChI is InChI=1S/C14H19NO4/c1-9-7-11-12(19-6-5-18-11)8-10(9)15-14(2,3)13(16)17-4/h7-8,15H,5-6H2,1-4H3. The van der Waals surface area contributed by atoms with Crippen molar-refractivity contribution < 1.29 is 19.0 Å². The Balaban J connectivity index is 2.28. The van der Waals surface area contributed by atoms with Gasteiger partial charge >= 0.3 is 5.97 Å². The second-order valence-corrected chi connectivity index (χ2v) is 5.05. The Morgan fingerprint density at radius 2 is 1.84 bits per heavy atom. The normalized spacial score (nSPS) is 13.9. The number of fused-ring (bicyclic) bond motifs is 1. The molecule has 0 unspecified atom stereocenters. The fourth-order valence-electron chi connectivity index (χ4n) is 1.97. The minimum absolute atomic E-state index is 0.318. The van der Waals surface area contributed by atoms with Crippen LogP contribution in [0.4, 0.5) is 5.69 Å². The van der Waals surface area contributed by atoms with Crippen molar-refractivity contribution >= 4 is 11.7 Å². The molecule has 0 aromatic heterocycles. The lowest BCUT2D eigenvalue weighted by atomic mass is 10.0. The van der Waals surface area contributed by atoms with E-state index in [2.05, 4.69) is 5.32 Å². The molecule has 1 aromatic carbocycles. The van der Waals surface area contributed by atoms with Crippen LogP contribution in [0, 0.1) is 6.92 Å². The van der Waals surface area contributed by atoms with Gasteiger partial charge in [-0.3, -0.25) is 0 Å². The van der Waals surface area contributed by atoms with Gasteiger partial charge in [0.15, 0.2) is 11.5 Å². The highest BCUT2D eigenvalue weighted by molar-refractivity contribution is 5.84. The number of hydrogen-bond donors (Lipinski definition) is 1. The maximum atomic E-state index is 11.7. The van der Waals surface area contributed by atoms with E-state index in [-0.39, 0.29) is 5.97 Å². The molecule has 1 aromatic rings. The third kappa shape index (κ3) is 2.75. The zero-order chi connectivity index (χ0) is 14.0. The number of esters is 1. The van der Waals surface area contributed by atoms with Crippen molar-refractivity contribution in [2.75, 3.05) is 25.6 Å². The van der Waals surface area contributed by atoms with Crippen LogP contribution >= 0.6 is 0 Å². The number of hydrogen-bond acceptors (Lipinski definition) is 5. The molecule has 0 amide bonds. The second-order valence-electron chi connectivity index (χ2n) is 5.05. The molecule has 19 heavy (non-hydrogen) atoms. The van der Waals surface area contributed by atoms with Crippen LogP contribution in [0.15, 0.2) is 12.1 Å². The number of anilines is 1. The summed E-state index contributed by atoms with van der Waals surface area (Å²) in [5, 5.41) is 3.18. The lowest BCUT2D eigenvalue weighted by molar-refractivity contribution is -0.144. The van der Waals surface area contributed by atoms with Crippen LogP contribution in [0.2, 0.25) is 0 Å². The van der Waals surface area contributed by atoms with Crippen LogP contribution in [0.25, 0.3) is 0 Å². The molecule has 1 heterocycles. The van der Waals surface area contributed by atoms with E-state index in [1.807, 2.05) is 19.1 Å². The van der Waals surface area contributed by atoms with E-state index in [0.29, 0.717) is 19.0 Å². The van der Waals surface area contributed by atoms with E-state index in [1.54, 1.807) is 13.8 Å². The van der Waals surface area contributed by atoms with Gasteiger partial charge in [-0.05, 0) is 32.4 Å². The number of carbonyl (C=O) groups is 1. The Morgan fingerprint density at radius 1 is 1.26 bits per heavy atom. The smallest absolute Gasteiger partial charge is 0.330 e. The highest BCUT2D eigenvalue weighted by Crippen LogP contribution is 2.36. The van der Waals surface area contributed by atoms with Crippen molar-refractivity contribution in [1.82, 2.24) is 0 Å². The lowest BCUT2D eigenvalue weighted by Crippen LogP contribution is -2.41. The van der Waals surface area contributed by atoms with Crippen LogP contribution < -0.4 is 14.8 Å². The first kappa shape index (κ1) is 13.5. The van der Waals surface area contributed by atoms with Gasteiger partial charge in [-0.2, -0.15) is 0 Å². The maximum Gasteiger partial charge on any atom is 0.330 e. The first-order chi connectivity index (χ1) is 8.94. The van der Waals surface area contributed by atoms with Gasteiger partial charge in [0.25, 0.3) is 0 Å². The third-order valence-electron chi connectivity index (χ3n) is 3.03. The molecule has 5 heteroatoms. The summed E-state index contributed by atoms with van der Waals surface area (Å²) in [7, 11) is 1.38. The molecule has 0 saturated carbocycles. The maximum absolute atomic E-state index is 11.7. The zero-order valence-corrected chi connectivity index (χ0v) is 11.7. The van der Waals surface area contributed by atoms with E-state index < -0.39 is 5.54 Å². The van der Waals surface area contributed by atoms with Crippen LogP contribution in [-0.2, 0) is 9.53 Å². The van der Waals surface area contributed by atoms with Crippen molar-refractivity contribution in [3.63, 3.8) is 0 Å². The van der Waals surface area contributed by atoms with E-state index >= 15 is 0 Å². The van der Waals surface area contributed by atoms with Crippen molar-refractivity contribution in [2.45, 2.75) is 26.3 Å². The molecule has 104 valence electrons. The van der Waals surface area contributed by atoms with Gasteiger partial charge in [0.05, 0.1) is 7.11 Å². The lowest BCUT2D eigenvalue weighted by Gasteiger charge is -2.27. The van der Waals surface area contributed by atoms with Gasteiger partial charge in [0, 0.05) is 11.8 Å². The number of rotatable bonds is 3. The zero-order valence-electron chi connectivity index (χ0n) is 11.7. The number of ether oxygens (including phenoxy) is 3.